The van der Waals surface area contributed by atoms with Crippen molar-refractivity contribution in [3.63, 3.8) is 0 Å². The van der Waals surface area contributed by atoms with Crippen LogP contribution in [0.4, 0.5) is 10.1 Å². The van der Waals surface area contributed by atoms with Crippen molar-refractivity contribution in [2.45, 2.75) is 13.5 Å². The Morgan fingerprint density at radius 2 is 1.71 bits per heavy atom. The first kappa shape index (κ1) is 24.6. The van der Waals surface area contributed by atoms with Crippen molar-refractivity contribution in [2.24, 2.45) is 0 Å². The average molecular weight is 555 g/mol. The molecule has 6 nitrogen and oxygen atoms in total. The average Bonchev–Trinajstić information content (AvgIpc) is 2.84. The summed E-state index contributed by atoms with van der Waals surface area (Å²) in [6.45, 7) is 2.56. The quantitative estimate of drug-likeness (QED) is 0.241. The van der Waals surface area contributed by atoms with Crippen molar-refractivity contribution >= 4 is 56.8 Å². The lowest BCUT2D eigenvalue weighted by molar-refractivity contribution is -0.122. The SMILES string of the molecule is CCOc1cc(/C=C2\C(=O)NC(=S)N(c3ccccc3F)C2=O)c(Br)cc1OCc1ccccc1. The smallest absolute Gasteiger partial charge is 0.270 e. The lowest BCUT2D eigenvalue weighted by Crippen LogP contribution is -2.54. The van der Waals surface area contributed by atoms with E-state index in [0.29, 0.717) is 34.7 Å². The summed E-state index contributed by atoms with van der Waals surface area (Å²) in [6, 6.07) is 18.8. The molecule has 1 saturated heterocycles. The third-order valence-corrected chi connectivity index (χ3v) is 6.07. The molecular weight excluding hydrogens is 535 g/mol. The van der Waals surface area contributed by atoms with Gasteiger partial charge in [0.05, 0.1) is 12.3 Å². The van der Waals surface area contributed by atoms with Gasteiger partial charge in [-0.05, 0) is 60.6 Å². The molecular formula is C26H20BrFN2O4S. The molecule has 4 rings (SSSR count). The molecule has 0 spiro atoms. The van der Waals surface area contributed by atoms with Gasteiger partial charge in [0.1, 0.15) is 18.0 Å². The van der Waals surface area contributed by atoms with Crippen LogP contribution in [0.3, 0.4) is 0 Å². The van der Waals surface area contributed by atoms with Crippen LogP contribution in [0.15, 0.2) is 76.8 Å². The number of benzene rings is 3. The first-order valence-electron chi connectivity index (χ1n) is 10.7. The summed E-state index contributed by atoms with van der Waals surface area (Å²) < 4.78 is 26.7. The van der Waals surface area contributed by atoms with E-state index in [1.54, 1.807) is 18.2 Å². The van der Waals surface area contributed by atoms with E-state index < -0.39 is 17.6 Å². The van der Waals surface area contributed by atoms with Gasteiger partial charge in [-0.2, -0.15) is 0 Å². The number of ether oxygens (including phenoxy) is 2. The highest BCUT2D eigenvalue weighted by Crippen LogP contribution is 2.36. The highest BCUT2D eigenvalue weighted by Gasteiger charge is 2.35. The first-order chi connectivity index (χ1) is 16.9. The Hall–Kier alpha value is -3.56. The van der Waals surface area contributed by atoms with Gasteiger partial charge in [-0.1, -0.05) is 58.4 Å². The Balaban J connectivity index is 1.68. The number of rotatable bonds is 7. The van der Waals surface area contributed by atoms with Gasteiger partial charge in [0, 0.05) is 4.47 Å². The van der Waals surface area contributed by atoms with E-state index >= 15 is 0 Å². The molecule has 1 aliphatic heterocycles. The molecule has 0 aromatic heterocycles. The second-order valence-electron chi connectivity index (χ2n) is 7.44. The molecule has 0 radical (unpaired) electrons. The lowest BCUT2D eigenvalue weighted by Gasteiger charge is -2.29. The Labute approximate surface area is 215 Å². The van der Waals surface area contributed by atoms with Gasteiger partial charge in [-0.3, -0.25) is 14.9 Å². The Morgan fingerprint density at radius 1 is 1.03 bits per heavy atom. The van der Waals surface area contributed by atoms with E-state index in [0.717, 1.165) is 10.5 Å². The van der Waals surface area contributed by atoms with Crippen molar-refractivity contribution in [3.05, 3.63) is 93.7 Å². The molecule has 1 heterocycles. The fourth-order valence-corrected chi connectivity index (χ4v) is 4.15. The first-order valence-corrected chi connectivity index (χ1v) is 11.9. The maximum Gasteiger partial charge on any atom is 0.270 e. The van der Waals surface area contributed by atoms with Crippen LogP contribution in [0.25, 0.3) is 6.08 Å². The molecule has 178 valence electrons. The molecule has 3 aromatic rings. The predicted molar refractivity (Wildman–Crippen MR) is 139 cm³/mol. The van der Waals surface area contributed by atoms with Crippen LogP contribution in [0.5, 0.6) is 11.5 Å². The Morgan fingerprint density at radius 3 is 2.43 bits per heavy atom. The number of carbonyl (C=O) groups excluding carboxylic acids is 2. The molecule has 0 saturated carbocycles. The minimum absolute atomic E-state index is 0.0490. The monoisotopic (exact) mass is 554 g/mol. The summed E-state index contributed by atoms with van der Waals surface area (Å²) in [6.07, 6.45) is 1.40. The zero-order valence-corrected chi connectivity index (χ0v) is 21.0. The molecule has 9 heteroatoms. The number of carbonyl (C=O) groups is 2. The molecule has 0 aliphatic carbocycles. The van der Waals surface area contributed by atoms with E-state index in [9.17, 15) is 14.0 Å². The summed E-state index contributed by atoms with van der Waals surface area (Å²) in [5.74, 6) is -1.11. The van der Waals surface area contributed by atoms with Crippen molar-refractivity contribution in [1.29, 1.82) is 0 Å². The fourth-order valence-electron chi connectivity index (χ4n) is 3.44. The molecule has 1 N–H and O–H groups in total. The second kappa shape index (κ2) is 10.8. The van der Waals surface area contributed by atoms with Gasteiger partial charge in [0.2, 0.25) is 0 Å². The number of hydrogen-bond donors (Lipinski definition) is 1. The summed E-state index contributed by atoms with van der Waals surface area (Å²) in [5, 5.41) is 2.26. The van der Waals surface area contributed by atoms with Gasteiger partial charge in [0.15, 0.2) is 16.6 Å². The molecule has 0 bridgehead atoms. The molecule has 1 fully saturated rings. The highest BCUT2D eigenvalue weighted by molar-refractivity contribution is 9.10. The second-order valence-corrected chi connectivity index (χ2v) is 8.68. The molecule has 0 unspecified atom stereocenters. The van der Waals surface area contributed by atoms with Gasteiger partial charge in [0.25, 0.3) is 11.8 Å². The topological polar surface area (TPSA) is 67.9 Å². The van der Waals surface area contributed by atoms with Gasteiger partial charge >= 0.3 is 0 Å². The summed E-state index contributed by atoms with van der Waals surface area (Å²) in [4.78, 5) is 26.8. The zero-order valence-electron chi connectivity index (χ0n) is 18.6. The number of amides is 2. The molecule has 2 amide bonds. The van der Waals surface area contributed by atoms with Crippen LogP contribution in [0, 0.1) is 5.82 Å². The Bertz CT molecular complexity index is 1330. The van der Waals surface area contributed by atoms with Crippen LogP contribution >= 0.6 is 28.1 Å². The van der Waals surface area contributed by atoms with Gasteiger partial charge in [-0.15, -0.1) is 0 Å². The van der Waals surface area contributed by atoms with Crippen LogP contribution in [-0.4, -0.2) is 23.5 Å². The minimum Gasteiger partial charge on any atom is -0.490 e. The normalized spacial score (nSPS) is 14.8. The highest BCUT2D eigenvalue weighted by atomic mass is 79.9. The van der Waals surface area contributed by atoms with E-state index in [-0.39, 0.29) is 16.4 Å². The van der Waals surface area contributed by atoms with Crippen LogP contribution < -0.4 is 19.7 Å². The summed E-state index contributed by atoms with van der Waals surface area (Å²) in [7, 11) is 0. The van der Waals surface area contributed by atoms with E-state index in [1.807, 2.05) is 37.3 Å². The van der Waals surface area contributed by atoms with Gasteiger partial charge < -0.3 is 9.47 Å². The van der Waals surface area contributed by atoms with Crippen molar-refractivity contribution < 1.29 is 23.5 Å². The number of hydrogen-bond acceptors (Lipinski definition) is 5. The molecule has 0 atom stereocenters. The van der Waals surface area contributed by atoms with Gasteiger partial charge in [-0.25, -0.2) is 9.29 Å². The summed E-state index contributed by atoms with van der Waals surface area (Å²) in [5.41, 5.74) is 1.24. The third kappa shape index (κ3) is 5.41. The maximum absolute atomic E-state index is 14.4. The maximum atomic E-state index is 14.4. The van der Waals surface area contributed by atoms with Crippen molar-refractivity contribution in [3.8, 4) is 11.5 Å². The largest absolute Gasteiger partial charge is 0.490 e. The van der Waals surface area contributed by atoms with Crippen molar-refractivity contribution in [1.82, 2.24) is 5.32 Å². The lowest BCUT2D eigenvalue weighted by atomic mass is 10.1. The van der Waals surface area contributed by atoms with E-state index in [4.69, 9.17) is 21.7 Å². The molecule has 3 aromatic carbocycles. The van der Waals surface area contributed by atoms with Crippen LogP contribution in [-0.2, 0) is 16.2 Å². The van der Waals surface area contributed by atoms with E-state index in [2.05, 4.69) is 21.2 Å². The number of nitrogens with zero attached hydrogens (tertiary/aromatic N) is 1. The summed E-state index contributed by atoms with van der Waals surface area (Å²) >= 11 is 8.63. The number of anilines is 1. The van der Waals surface area contributed by atoms with Crippen LogP contribution in [0.1, 0.15) is 18.1 Å². The minimum atomic E-state index is -0.738. The van der Waals surface area contributed by atoms with Crippen LogP contribution in [0.2, 0.25) is 0 Å². The third-order valence-electron chi connectivity index (χ3n) is 5.09. The fraction of sp³-hybridized carbons (Fsp3) is 0.115. The van der Waals surface area contributed by atoms with E-state index in [1.165, 1.54) is 24.3 Å². The molecule has 35 heavy (non-hydrogen) atoms. The Kier molecular flexibility index (Phi) is 7.57. The predicted octanol–water partition coefficient (Wildman–Crippen LogP) is 5.40. The zero-order chi connectivity index (χ0) is 24.9. The standard InChI is InChI=1S/C26H20BrFN2O4S/c1-2-33-22-13-17(19(27)14-23(22)34-15-16-8-4-3-5-9-16)12-18-24(31)29-26(35)30(25(18)32)21-11-7-6-10-20(21)28/h3-14H,2,15H2,1H3,(H,29,31,35)/b18-12+. The number of halogens is 2. The number of thiocarbonyl (C=S) groups is 1. The molecule has 1 aliphatic rings. The number of nitrogens with one attached hydrogen (secondary N) is 1. The number of para-hydroxylation sites is 1. The van der Waals surface area contributed by atoms with Crippen molar-refractivity contribution in [2.75, 3.05) is 11.5 Å².